The van der Waals surface area contributed by atoms with Crippen molar-refractivity contribution in [3.63, 3.8) is 0 Å². The Morgan fingerprint density at radius 1 is 1.07 bits per heavy atom. The highest BCUT2D eigenvalue weighted by atomic mass is 32.1. The molecule has 1 atom stereocenters. The molecule has 1 unspecified atom stereocenters. The average Bonchev–Trinajstić information content (AvgIpc) is 2.73. The van der Waals surface area contributed by atoms with Crippen molar-refractivity contribution < 1.29 is 0 Å². The zero-order valence-electron chi connectivity index (χ0n) is 8.01. The van der Waals surface area contributed by atoms with Crippen LogP contribution in [0.25, 0.3) is 0 Å². The maximum Gasteiger partial charge on any atom is 0.0507 e. The molecule has 1 nitrogen and oxygen atoms in total. The number of nitrogens with zero attached hydrogens (tertiary/aromatic N) is 1. The highest BCUT2D eigenvalue weighted by molar-refractivity contribution is 7.86. The van der Waals surface area contributed by atoms with Crippen LogP contribution in [0.1, 0.15) is 24.4 Å². The summed E-state index contributed by atoms with van der Waals surface area (Å²) in [6, 6.07) is 2.27. The fourth-order valence-electron chi connectivity index (χ4n) is 1.79. The molecule has 0 bridgehead atoms. The fourth-order valence-corrected chi connectivity index (χ4v) is 2.96. The van der Waals surface area contributed by atoms with Crippen molar-refractivity contribution in [3.8, 4) is 0 Å². The molecule has 2 rings (SSSR count). The monoisotopic (exact) mass is 274 g/mol. The summed E-state index contributed by atoms with van der Waals surface area (Å²) < 4.78 is 0. The summed E-state index contributed by atoms with van der Waals surface area (Å²) in [6.45, 7) is 0.949. The Balaban J connectivity index is 2.47. The van der Waals surface area contributed by atoms with E-state index in [0.29, 0.717) is 0 Å². The van der Waals surface area contributed by atoms with E-state index in [-0.39, 0.29) is 6.04 Å². The second-order valence-corrected chi connectivity index (χ2v) is 5.42. The molecular formula is C10H12NS4. The predicted molar refractivity (Wildman–Crippen MR) is 74.4 cm³/mol. The molecule has 1 heterocycles. The summed E-state index contributed by atoms with van der Waals surface area (Å²) in [6.07, 6.45) is 2.25. The van der Waals surface area contributed by atoms with Gasteiger partial charge in [-0.1, -0.05) is 0 Å². The van der Waals surface area contributed by atoms with E-state index in [4.69, 9.17) is 0 Å². The summed E-state index contributed by atoms with van der Waals surface area (Å²) in [4.78, 5) is 3.31. The molecular weight excluding hydrogens is 262 g/mol. The summed E-state index contributed by atoms with van der Waals surface area (Å²) in [5, 5.41) is 4.54. The van der Waals surface area contributed by atoms with Gasteiger partial charge in [-0.05, 0) is 24.5 Å². The van der Waals surface area contributed by atoms with Crippen LogP contribution in [0.4, 0.5) is 0 Å². The van der Waals surface area contributed by atoms with Gasteiger partial charge in [-0.3, -0.25) is 0 Å². The largest absolute Gasteiger partial charge is 0.234 e. The lowest BCUT2D eigenvalue weighted by Gasteiger charge is -2.16. The molecule has 1 aliphatic heterocycles. The molecule has 0 aromatic heterocycles. The number of rotatable bonds is 1. The topological polar surface area (TPSA) is 14.1 Å². The van der Waals surface area contributed by atoms with Crippen LogP contribution >= 0.6 is 50.5 Å². The van der Waals surface area contributed by atoms with Crippen LogP contribution in [0.2, 0.25) is 0 Å². The summed E-state index contributed by atoms with van der Waals surface area (Å²) in [7, 11) is 0. The van der Waals surface area contributed by atoms with Gasteiger partial charge in [0.2, 0.25) is 0 Å². The average molecular weight is 274 g/mol. The SMILES string of the molecule is Sc1cc(C2CCC[N]2)c(S)c(S)c1S. The van der Waals surface area contributed by atoms with Crippen LogP contribution in [-0.2, 0) is 0 Å². The van der Waals surface area contributed by atoms with E-state index < -0.39 is 0 Å². The van der Waals surface area contributed by atoms with Crippen LogP contribution in [0, 0.1) is 0 Å². The van der Waals surface area contributed by atoms with Crippen molar-refractivity contribution in [2.24, 2.45) is 0 Å². The van der Waals surface area contributed by atoms with E-state index in [2.05, 4.69) is 55.8 Å². The maximum absolute atomic E-state index is 4.54. The van der Waals surface area contributed by atoms with Gasteiger partial charge in [-0.25, -0.2) is 5.32 Å². The second-order valence-electron chi connectivity index (χ2n) is 3.59. The fraction of sp³-hybridized carbons (Fsp3) is 0.400. The van der Waals surface area contributed by atoms with Crippen molar-refractivity contribution in [1.29, 1.82) is 0 Å². The minimum atomic E-state index is 0.267. The third-order valence-electron chi connectivity index (χ3n) is 2.60. The summed E-state index contributed by atoms with van der Waals surface area (Å²) >= 11 is 17.6. The van der Waals surface area contributed by atoms with Crippen molar-refractivity contribution in [2.45, 2.75) is 38.5 Å². The van der Waals surface area contributed by atoms with E-state index in [1.807, 2.05) is 6.07 Å². The molecule has 1 aliphatic rings. The Labute approximate surface area is 112 Å². The van der Waals surface area contributed by atoms with Crippen molar-refractivity contribution in [1.82, 2.24) is 5.32 Å². The molecule has 0 spiro atoms. The second kappa shape index (κ2) is 4.84. The molecule has 1 aromatic rings. The molecule has 0 N–H and O–H groups in total. The van der Waals surface area contributed by atoms with E-state index in [9.17, 15) is 0 Å². The first-order chi connectivity index (χ1) is 7.11. The first-order valence-corrected chi connectivity index (χ1v) is 6.53. The molecule has 1 radical (unpaired) electrons. The van der Waals surface area contributed by atoms with Gasteiger partial charge in [0.1, 0.15) is 0 Å². The van der Waals surface area contributed by atoms with Gasteiger partial charge in [0.05, 0.1) is 6.04 Å². The summed E-state index contributed by atoms with van der Waals surface area (Å²) in [5.41, 5.74) is 1.13. The quantitative estimate of drug-likeness (QED) is 0.562. The van der Waals surface area contributed by atoms with Crippen molar-refractivity contribution >= 4 is 50.5 Å². The normalized spacial score (nSPS) is 20.9. The van der Waals surface area contributed by atoms with Crippen LogP contribution in [0.15, 0.2) is 25.6 Å². The molecule has 0 amide bonds. The molecule has 1 saturated heterocycles. The molecule has 1 fully saturated rings. The van der Waals surface area contributed by atoms with Gasteiger partial charge >= 0.3 is 0 Å². The Kier molecular flexibility index (Phi) is 3.88. The third-order valence-corrected chi connectivity index (χ3v) is 4.88. The van der Waals surface area contributed by atoms with Gasteiger partial charge in [-0.15, -0.1) is 50.5 Å². The maximum atomic E-state index is 4.54. The Morgan fingerprint density at radius 2 is 1.80 bits per heavy atom. The van der Waals surface area contributed by atoms with Crippen LogP contribution < -0.4 is 5.32 Å². The van der Waals surface area contributed by atoms with E-state index >= 15 is 0 Å². The van der Waals surface area contributed by atoms with Crippen molar-refractivity contribution in [3.05, 3.63) is 11.6 Å². The van der Waals surface area contributed by atoms with Crippen LogP contribution in [0.3, 0.4) is 0 Å². The smallest absolute Gasteiger partial charge is 0.0507 e. The molecule has 81 valence electrons. The van der Waals surface area contributed by atoms with Gasteiger partial charge in [0.15, 0.2) is 0 Å². The Hall–Kier alpha value is 0.580. The van der Waals surface area contributed by atoms with Crippen LogP contribution in [-0.4, -0.2) is 6.54 Å². The van der Waals surface area contributed by atoms with Gasteiger partial charge < -0.3 is 0 Å². The minimum absolute atomic E-state index is 0.267. The predicted octanol–water partition coefficient (Wildman–Crippen LogP) is 3.28. The number of hydrogen-bond donors (Lipinski definition) is 4. The van der Waals surface area contributed by atoms with Gasteiger partial charge in [0.25, 0.3) is 0 Å². The molecule has 1 aromatic carbocycles. The standard InChI is InChI=1S/C10H12NS4/c12-7-4-5(6-2-1-3-11-6)8(13)10(15)9(7)14/h4,6,12-15H,1-3H2. The van der Waals surface area contributed by atoms with Crippen LogP contribution in [0.5, 0.6) is 0 Å². The Morgan fingerprint density at radius 3 is 2.40 bits per heavy atom. The number of benzene rings is 1. The number of hydrogen-bond acceptors (Lipinski definition) is 4. The first kappa shape index (κ1) is 12.0. The minimum Gasteiger partial charge on any atom is -0.234 e. The van der Waals surface area contributed by atoms with E-state index in [1.165, 1.54) is 0 Å². The lowest BCUT2D eigenvalue weighted by Crippen LogP contribution is -2.06. The van der Waals surface area contributed by atoms with Gasteiger partial charge in [0, 0.05) is 26.1 Å². The molecule has 0 aliphatic carbocycles. The van der Waals surface area contributed by atoms with Gasteiger partial charge in [-0.2, -0.15) is 0 Å². The lowest BCUT2D eigenvalue weighted by molar-refractivity contribution is 0.616. The molecule has 15 heavy (non-hydrogen) atoms. The lowest BCUT2D eigenvalue weighted by atomic mass is 10.1. The van der Waals surface area contributed by atoms with Crippen molar-refractivity contribution in [2.75, 3.05) is 6.54 Å². The third kappa shape index (κ3) is 2.31. The molecule has 5 heteroatoms. The van der Waals surface area contributed by atoms with E-state index in [1.54, 1.807) is 0 Å². The summed E-state index contributed by atoms with van der Waals surface area (Å²) in [5.74, 6) is 0. The number of thiol groups is 4. The zero-order valence-corrected chi connectivity index (χ0v) is 11.6. The Bertz CT molecular complexity index is 385. The zero-order chi connectivity index (χ0) is 11.0. The molecule has 0 saturated carbocycles. The first-order valence-electron chi connectivity index (χ1n) is 4.74. The van der Waals surface area contributed by atoms with E-state index in [0.717, 1.165) is 44.5 Å². The highest BCUT2D eigenvalue weighted by Crippen LogP contribution is 2.38. The highest BCUT2D eigenvalue weighted by Gasteiger charge is 2.22.